The second-order valence-corrected chi connectivity index (χ2v) is 5.62. The number of rotatable bonds is 6. The van der Waals surface area contributed by atoms with Gasteiger partial charge in [-0.25, -0.2) is 0 Å². The Hall–Kier alpha value is -1.22. The molecule has 0 aliphatic heterocycles. The summed E-state index contributed by atoms with van der Waals surface area (Å²) in [5.41, 5.74) is 1.43. The van der Waals surface area contributed by atoms with Crippen LogP contribution in [0.5, 0.6) is 11.5 Å². The summed E-state index contributed by atoms with van der Waals surface area (Å²) in [6, 6.07) is 5.45. The van der Waals surface area contributed by atoms with Crippen LogP contribution in [0.4, 0.5) is 0 Å². The van der Waals surface area contributed by atoms with Crippen LogP contribution in [-0.2, 0) is 6.54 Å². The Morgan fingerprint density at radius 3 is 2.61 bits per heavy atom. The van der Waals surface area contributed by atoms with Crippen molar-refractivity contribution in [1.82, 2.24) is 5.32 Å². The molecule has 0 heterocycles. The molecule has 1 saturated carbocycles. The second kappa shape index (κ2) is 5.19. The molecular formula is C15H23NO2. The predicted molar refractivity (Wildman–Crippen MR) is 72.9 cm³/mol. The van der Waals surface area contributed by atoms with Crippen molar-refractivity contribution in [3.05, 3.63) is 23.8 Å². The number of nitrogens with one attached hydrogen (secondary N) is 1. The minimum absolute atomic E-state index is 0.302. The second-order valence-electron chi connectivity index (χ2n) is 5.62. The van der Waals surface area contributed by atoms with Gasteiger partial charge in [-0.15, -0.1) is 0 Å². The molecule has 0 amide bonds. The zero-order valence-electron chi connectivity index (χ0n) is 11.5. The van der Waals surface area contributed by atoms with E-state index in [-0.39, 0.29) is 0 Å². The van der Waals surface area contributed by atoms with Gasteiger partial charge in [0.1, 0.15) is 11.5 Å². The van der Waals surface area contributed by atoms with E-state index in [9.17, 15) is 5.11 Å². The molecule has 1 aliphatic rings. The molecule has 100 valence electrons. The summed E-state index contributed by atoms with van der Waals surface area (Å²) in [5.74, 6) is 1.72. The molecule has 2 rings (SSSR count). The summed E-state index contributed by atoms with van der Waals surface area (Å²) in [4.78, 5) is 0. The van der Waals surface area contributed by atoms with Crippen LogP contribution in [0.3, 0.4) is 0 Å². The van der Waals surface area contributed by atoms with E-state index < -0.39 is 0 Å². The van der Waals surface area contributed by atoms with E-state index in [1.807, 2.05) is 12.1 Å². The Kier molecular flexibility index (Phi) is 3.81. The molecule has 2 N–H and O–H groups in total. The number of methoxy groups -OCH3 is 1. The van der Waals surface area contributed by atoms with Crippen molar-refractivity contribution in [3.63, 3.8) is 0 Å². The Labute approximate surface area is 109 Å². The van der Waals surface area contributed by atoms with Gasteiger partial charge in [0, 0.05) is 24.7 Å². The molecule has 0 aromatic heterocycles. The number of phenols is 1. The molecule has 0 spiro atoms. The number of hydrogen-bond acceptors (Lipinski definition) is 3. The summed E-state index contributed by atoms with van der Waals surface area (Å²) in [5, 5.41) is 13.3. The van der Waals surface area contributed by atoms with Crippen molar-refractivity contribution in [3.8, 4) is 11.5 Å². The molecule has 0 radical (unpaired) electrons. The standard InChI is InChI=1S/C15H23NO2/c1-11(2)15(6-7-15)10-16-9-12-4-5-13(18-3)8-14(12)17/h4-5,8,11,16-17H,6-7,9-10H2,1-3H3. The average molecular weight is 249 g/mol. The Bertz CT molecular complexity index is 411. The van der Waals surface area contributed by atoms with Crippen LogP contribution in [0.15, 0.2) is 18.2 Å². The summed E-state index contributed by atoms with van der Waals surface area (Å²) in [6.45, 7) is 6.33. The lowest BCUT2D eigenvalue weighted by Gasteiger charge is -2.20. The van der Waals surface area contributed by atoms with Gasteiger partial charge in [0.25, 0.3) is 0 Å². The Morgan fingerprint density at radius 2 is 2.11 bits per heavy atom. The van der Waals surface area contributed by atoms with E-state index in [4.69, 9.17) is 4.74 Å². The van der Waals surface area contributed by atoms with E-state index in [0.717, 1.165) is 18.0 Å². The van der Waals surface area contributed by atoms with Gasteiger partial charge in [0.05, 0.1) is 7.11 Å². The third-order valence-electron chi connectivity index (χ3n) is 4.20. The largest absolute Gasteiger partial charge is 0.507 e. The lowest BCUT2D eigenvalue weighted by Crippen LogP contribution is -2.27. The van der Waals surface area contributed by atoms with Crippen LogP contribution in [0.2, 0.25) is 0 Å². The first kappa shape index (κ1) is 13.2. The quantitative estimate of drug-likeness (QED) is 0.814. The van der Waals surface area contributed by atoms with Crippen LogP contribution in [0, 0.1) is 11.3 Å². The molecule has 0 atom stereocenters. The Morgan fingerprint density at radius 1 is 1.39 bits per heavy atom. The molecule has 0 saturated heterocycles. The van der Waals surface area contributed by atoms with Gasteiger partial charge in [-0.3, -0.25) is 0 Å². The zero-order chi connectivity index (χ0) is 13.2. The van der Waals surface area contributed by atoms with Crippen molar-refractivity contribution < 1.29 is 9.84 Å². The van der Waals surface area contributed by atoms with Gasteiger partial charge in [-0.05, 0) is 30.2 Å². The minimum atomic E-state index is 0.302. The normalized spacial score (nSPS) is 16.9. The van der Waals surface area contributed by atoms with Crippen molar-refractivity contribution in [2.75, 3.05) is 13.7 Å². The summed E-state index contributed by atoms with van der Waals surface area (Å²) in [6.07, 6.45) is 2.65. The highest BCUT2D eigenvalue weighted by atomic mass is 16.5. The van der Waals surface area contributed by atoms with Gasteiger partial charge in [-0.2, -0.15) is 0 Å². The first-order valence-electron chi connectivity index (χ1n) is 6.64. The highest BCUT2D eigenvalue weighted by Crippen LogP contribution is 2.51. The molecule has 1 aliphatic carbocycles. The zero-order valence-corrected chi connectivity index (χ0v) is 11.5. The molecule has 3 nitrogen and oxygen atoms in total. The van der Waals surface area contributed by atoms with Gasteiger partial charge >= 0.3 is 0 Å². The molecular weight excluding hydrogens is 226 g/mol. The molecule has 1 aromatic rings. The van der Waals surface area contributed by atoms with Crippen molar-refractivity contribution in [1.29, 1.82) is 0 Å². The van der Waals surface area contributed by atoms with Crippen LogP contribution in [-0.4, -0.2) is 18.8 Å². The van der Waals surface area contributed by atoms with Gasteiger partial charge in [0.15, 0.2) is 0 Å². The van der Waals surface area contributed by atoms with E-state index in [1.165, 1.54) is 12.8 Å². The summed E-state index contributed by atoms with van der Waals surface area (Å²) >= 11 is 0. The predicted octanol–water partition coefficient (Wildman–Crippen LogP) is 2.93. The SMILES string of the molecule is COc1ccc(CNCC2(C(C)C)CC2)c(O)c1. The molecule has 18 heavy (non-hydrogen) atoms. The van der Waals surface area contributed by atoms with Crippen LogP contribution in [0.1, 0.15) is 32.3 Å². The number of ether oxygens (including phenoxy) is 1. The van der Waals surface area contributed by atoms with Gasteiger partial charge in [-0.1, -0.05) is 19.9 Å². The molecule has 0 bridgehead atoms. The monoisotopic (exact) mass is 249 g/mol. The van der Waals surface area contributed by atoms with Crippen molar-refractivity contribution >= 4 is 0 Å². The van der Waals surface area contributed by atoms with E-state index >= 15 is 0 Å². The lowest BCUT2D eigenvalue weighted by atomic mass is 9.92. The average Bonchev–Trinajstić information content (AvgIpc) is 3.12. The molecule has 3 heteroatoms. The molecule has 0 unspecified atom stereocenters. The first-order valence-corrected chi connectivity index (χ1v) is 6.64. The van der Waals surface area contributed by atoms with Crippen LogP contribution in [0.25, 0.3) is 0 Å². The maximum Gasteiger partial charge on any atom is 0.123 e. The Balaban J connectivity index is 1.87. The minimum Gasteiger partial charge on any atom is -0.507 e. The van der Waals surface area contributed by atoms with Crippen molar-refractivity contribution in [2.24, 2.45) is 11.3 Å². The maximum atomic E-state index is 9.86. The van der Waals surface area contributed by atoms with Gasteiger partial charge < -0.3 is 15.2 Å². The number of hydrogen-bond donors (Lipinski definition) is 2. The highest BCUT2D eigenvalue weighted by Gasteiger charge is 2.44. The topological polar surface area (TPSA) is 41.5 Å². The number of aromatic hydroxyl groups is 1. The summed E-state index contributed by atoms with van der Waals surface area (Å²) < 4.78 is 5.07. The first-order chi connectivity index (χ1) is 8.57. The summed E-state index contributed by atoms with van der Waals surface area (Å²) in [7, 11) is 1.60. The van der Waals surface area contributed by atoms with Crippen LogP contribution >= 0.6 is 0 Å². The number of phenolic OH excluding ortho intramolecular Hbond substituents is 1. The highest BCUT2D eigenvalue weighted by molar-refractivity contribution is 5.39. The maximum absolute atomic E-state index is 9.86. The third kappa shape index (κ3) is 2.78. The lowest BCUT2D eigenvalue weighted by molar-refractivity contribution is 0.336. The van der Waals surface area contributed by atoms with E-state index in [0.29, 0.717) is 23.5 Å². The van der Waals surface area contributed by atoms with Crippen molar-refractivity contribution in [2.45, 2.75) is 33.2 Å². The van der Waals surface area contributed by atoms with Gasteiger partial charge in [0.2, 0.25) is 0 Å². The van der Waals surface area contributed by atoms with E-state index in [2.05, 4.69) is 19.2 Å². The fourth-order valence-corrected chi connectivity index (χ4v) is 2.39. The third-order valence-corrected chi connectivity index (χ3v) is 4.20. The molecule has 1 aromatic carbocycles. The number of benzene rings is 1. The smallest absolute Gasteiger partial charge is 0.123 e. The fourth-order valence-electron chi connectivity index (χ4n) is 2.39. The van der Waals surface area contributed by atoms with Crippen LogP contribution < -0.4 is 10.1 Å². The van der Waals surface area contributed by atoms with E-state index in [1.54, 1.807) is 13.2 Å². The fraction of sp³-hybridized carbons (Fsp3) is 0.600. The molecule has 1 fully saturated rings.